The molecule has 1 aromatic rings. The Labute approximate surface area is 108 Å². The minimum atomic E-state index is 0.342. The van der Waals surface area contributed by atoms with E-state index in [0.717, 1.165) is 16.7 Å². The van der Waals surface area contributed by atoms with Crippen molar-refractivity contribution < 1.29 is 4.74 Å². The minimum absolute atomic E-state index is 0.342. The number of methoxy groups -OCH3 is 1. The molecule has 1 N–H and O–H groups in total. The molecule has 1 unspecified atom stereocenters. The molecule has 3 heteroatoms. The lowest BCUT2D eigenvalue weighted by Crippen LogP contribution is -2.23. The number of hydrogen-bond acceptors (Lipinski definition) is 2. The monoisotopic (exact) mass is 253 g/mol. The Kier molecular flexibility index (Phi) is 4.30. The van der Waals surface area contributed by atoms with Gasteiger partial charge in [-0.3, -0.25) is 0 Å². The molecule has 94 valence electrons. The molecular formula is C14H20ClNO. The van der Waals surface area contributed by atoms with E-state index in [1.165, 1.54) is 31.2 Å². The molecule has 0 radical (unpaired) electrons. The van der Waals surface area contributed by atoms with Crippen molar-refractivity contribution in [1.82, 2.24) is 5.32 Å². The van der Waals surface area contributed by atoms with Gasteiger partial charge in [0.2, 0.25) is 0 Å². The maximum atomic E-state index is 6.08. The van der Waals surface area contributed by atoms with Crippen LogP contribution in [0.4, 0.5) is 0 Å². The summed E-state index contributed by atoms with van der Waals surface area (Å²) in [4.78, 5) is 0. The molecule has 1 aliphatic rings. The van der Waals surface area contributed by atoms with E-state index in [1.54, 1.807) is 7.11 Å². The first kappa shape index (κ1) is 12.7. The van der Waals surface area contributed by atoms with E-state index in [9.17, 15) is 0 Å². The normalized spacial score (nSPS) is 17.6. The Balaban J connectivity index is 2.18. The molecule has 1 aliphatic carbocycles. The lowest BCUT2D eigenvalue weighted by atomic mass is 9.79. The molecule has 1 aromatic carbocycles. The zero-order valence-corrected chi connectivity index (χ0v) is 11.3. The summed E-state index contributed by atoms with van der Waals surface area (Å²) in [5, 5.41) is 4.15. The van der Waals surface area contributed by atoms with Crippen molar-refractivity contribution in [3.05, 3.63) is 28.8 Å². The molecule has 1 saturated carbocycles. The fourth-order valence-corrected chi connectivity index (χ4v) is 2.62. The Hall–Kier alpha value is -0.730. The summed E-state index contributed by atoms with van der Waals surface area (Å²) in [6.07, 6.45) is 5.28. The van der Waals surface area contributed by atoms with Gasteiger partial charge in [-0.05, 0) is 37.6 Å². The first-order valence-corrected chi connectivity index (χ1v) is 6.63. The van der Waals surface area contributed by atoms with E-state index >= 15 is 0 Å². The predicted molar refractivity (Wildman–Crippen MR) is 71.8 cm³/mol. The summed E-state index contributed by atoms with van der Waals surface area (Å²) < 4.78 is 5.42. The van der Waals surface area contributed by atoms with E-state index in [4.69, 9.17) is 16.3 Å². The third-order valence-corrected chi connectivity index (χ3v) is 3.94. The average Bonchev–Trinajstić information content (AvgIpc) is 2.28. The maximum absolute atomic E-state index is 6.08. The summed E-state index contributed by atoms with van der Waals surface area (Å²) in [5.74, 6) is 1.78. The fourth-order valence-electron chi connectivity index (χ4n) is 2.44. The molecule has 0 spiro atoms. The number of hydrogen-bond donors (Lipinski definition) is 1. The molecule has 2 rings (SSSR count). The lowest BCUT2D eigenvalue weighted by Gasteiger charge is -2.30. The molecule has 0 heterocycles. The highest BCUT2D eigenvalue weighted by Crippen LogP contribution is 2.37. The highest BCUT2D eigenvalue weighted by atomic mass is 35.5. The Morgan fingerprint density at radius 2 is 2.24 bits per heavy atom. The lowest BCUT2D eigenvalue weighted by molar-refractivity contribution is 0.263. The highest BCUT2D eigenvalue weighted by Gasteiger charge is 2.24. The van der Waals surface area contributed by atoms with Crippen molar-refractivity contribution in [1.29, 1.82) is 0 Å². The Morgan fingerprint density at radius 1 is 1.47 bits per heavy atom. The van der Waals surface area contributed by atoms with Gasteiger partial charge in [0.15, 0.2) is 0 Å². The van der Waals surface area contributed by atoms with E-state index in [2.05, 4.69) is 5.32 Å². The standard InChI is InChI=1S/C14H20ClNO/c1-16-13(8-10-4-3-5-10)12-9-11(15)6-7-14(12)17-2/h6-7,9-10,13,16H,3-5,8H2,1-2H3. The predicted octanol–water partition coefficient (Wildman–Crippen LogP) is 3.80. The number of nitrogens with one attached hydrogen (secondary N) is 1. The van der Waals surface area contributed by atoms with Crippen LogP contribution in [0.2, 0.25) is 5.02 Å². The van der Waals surface area contributed by atoms with Crippen LogP contribution in [0.15, 0.2) is 18.2 Å². The van der Waals surface area contributed by atoms with Gasteiger partial charge in [-0.25, -0.2) is 0 Å². The van der Waals surface area contributed by atoms with Gasteiger partial charge in [0.25, 0.3) is 0 Å². The molecule has 0 aliphatic heterocycles. The highest BCUT2D eigenvalue weighted by molar-refractivity contribution is 6.30. The van der Waals surface area contributed by atoms with Crippen molar-refractivity contribution in [2.24, 2.45) is 5.92 Å². The molecule has 0 aromatic heterocycles. The molecule has 2 nitrogen and oxygen atoms in total. The molecule has 0 amide bonds. The van der Waals surface area contributed by atoms with Crippen LogP contribution in [0.5, 0.6) is 5.75 Å². The third-order valence-electron chi connectivity index (χ3n) is 3.71. The van der Waals surface area contributed by atoms with Gasteiger partial charge in [0.1, 0.15) is 5.75 Å². The number of ether oxygens (including phenoxy) is 1. The van der Waals surface area contributed by atoms with Crippen molar-refractivity contribution in [3.8, 4) is 5.75 Å². The summed E-state index contributed by atoms with van der Waals surface area (Å²) in [6, 6.07) is 6.18. The number of halogens is 1. The van der Waals surface area contributed by atoms with Gasteiger partial charge in [-0.1, -0.05) is 30.9 Å². The van der Waals surface area contributed by atoms with E-state index in [0.29, 0.717) is 6.04 Å². The van der Waals surface area contributed by atoms with Gasteiger partial charge in [-0.15, -0.1) is 0 Å². The first-order chi connectivity index (χ1) is 8.24. The summed E-state index contributed by atoms with van der Waals surface area (Å²) >= 11 is 6.08. The van der Waals surface area contributed by atoms with Gasteiger partial charge >= 0.3 is 0 Å². The van der Waals surface area contributed by atoms with Crippen LogP contribution in [-0.2, 0) is 0 Å². The van der Waals surface area contributed by atoms with Crippen molar-refractivity contribution >= 4 is 11.6 Å². The van der Waals surface area contributed by atoms with E-state index in [-0.39, 0.29) is 0 Å². The van der Waals surface area contributed by atoms with Crippen LogP contribution < -0.4 is 10.1 Å². The van der Waals surface area contributed by atoms with Crippen LogP contribution in [-0.4, -0.2) is 14.2 Å². The summed E-state index contributed by atoms with van der Waals surface area (Å²) in [7, 11) is 3.71. The number of benzene rings is 1. The molecule has 0 saturated heterocycles. The van der Waals surface area contributed by atoms with Crippen LogP contribution in [0.1, 0.15) is 37.3 Å². The van der Waals surface area contributed by atoms with E-state index in [1.807, 2.05) is 25.2 Å². The topological polar surface area (TPSA) is 21.3 Å². The van der Waals surface area contributed by atoms with Gasteiger partial charge in [0.05, 0.1) is 7.11 Å². The van der Waals surface area contributed by atoms with Crippen molar-refractivity contribution in [2.75, 3.05) is 14.2 Å². The number of rotatable bonds is 5. The zero-order chi connectivity index (χ0) is 12.3. The van der Waals surface area contributed by atoms with Gasteiger partial charge in [0, 0.05) is 16.6 Å². The second-order valence-electron chi connectivity index (χ2n) is 4.76. The maximum Gasteiger partial charge on any atom is 0.123 e. The second kappa shape index (κ2) is 5.74. The molecule has 17 heavy (non-hydrogen) atoms. The summed E-state index contributed by atoms with van der Waals surface area (Å²) in [6.45, 7) is 0. The van der Waals surface area contributed by atoms with Crippen molar-refractivity contribution in [3.63, 3.8) is 0 Å². The van der Waals surface area contributed by atoms with Gasteiger partial charge < -0.3 is 10.1 Å². The minimum Gasteiger partial charge on any atom is -0.496 e. The third kappa shape index (κ3) is 2.93. The zero-order valence-electron chi connectivity index (χ0n) is 10.5. The smallest absolute Gasteiger partial charge is 0.123 e. The van der Waals surface area contributed by atoms with E-state index < -0.39 is 0 Å². The Morgan fingerprint density at radius 3 is 2.76 bits per heavy atom. The van der Waals surface area contributed by atoms with Crippen LogP contribution in [0, 0.1) is 5.92 Å². The van der Waals surface area contributed by atoms with Crippen LogP contribution in [0.3, 0.4) is 0 Å². The molecule has 0 bridgehead atoms. The quantitative estimate of drug-likeness (QED) is 0.862. The first-order valence-electron chi connectivity index (χ1n) is 6.25. The molecule has 1 fully saturated rings. The van der Waals surface area contributed by atoms with Gasteiger partial charge in [-0.2, -0.15) is 0 Å². The summed E-state index contributed by atoms with van der Waals surface area (Å²) in [5.41, 5.74) is 1.18. The SMILES string of the molecule is CNC(CC1CCC1)c1cc(Cl)ccc1OC. The molecule has 1 atom stereocenters. The second-order valence-corrected chi connectivity index (χ2v) is 5.20. The van der Waals surface area contributed by atoms with Crippen molar-refractivity contribution in [2.45, 2.75) is 31.7 Å². The van der Waals surface area contributed by atoms with Crippen LogP contribution >= 0.6 is 11.6 Å². The fraction of sp³-hybridized carbons (Fsp3) is 0.571. The Bertz CT molecular complexity index is 376. The molecular weight excluding hydrogens is 234 g/mol. The average molecular weight is 254 g/mol. The van der Waals surface area contributed by atoms with Crippen LogP contribution in [0.25, 0.3) is 0 Å². The largest absolute Gasteiger partial charge is 0.496 e.